The van der Waals surface area contributed by atoms with Crippen molar-refractivity contribution in [2.24, 2.45) is 5.10 Å². The van der Waals surface area contributed by atoms with Crippen LogP contribution >= 0.6 is 0 Å². The lowest BCUT2D eigenvalue weighted by molar-refractivity contribution is 0.0734. The molecule has 6 heteroatoms. The van der Waals surface area contributed by atoms with Gasteiger partial charge in [-0.1, -0.05) is 24.3 Å². The number of nitrogens with one attached hydrogen (secondary N) is 1. The fourth-order valence-corrected chi connectivity index (χ4v) is 2.24. The van der Waals surface area contributed by atoms with Crippen molar-refractivity contribution in [2.75, 3.05) is 0 Å². The average Bonchev–Trinajstić information content (AvgIpc) is 2.70. The van der Waals surface area contributed by atoms with Crippen LogP contribution in [0.3, 0.4) is 0 Å². The molecule has 27 heavy (non-hydrogen) atoms. The highest BCUT2D eigenvalue weighted by Crippen LogP contribution is 2.14. The van der Waals surface area contributed by atoms with E-state index in [1.165, 1.54) is 18.3 Å². The number of phenols is 1. The van der Waals surface area contributed by atoms with E-state index in [1.54, 1.807) is 60.7 Å². The van der Waals surface area contributed by atoms with E-state index in [0.29, 0.717) is 22.4 Å². The first-order valence-corrected chi connectivity index (χ1v) is 8.11. The van der Waals surface area contributed by atoms with E-state index < -0.39 is 11.9 Å². The summed E-state index contributed by atoms with van der Waals surface area (Å²) in [6.45, 7) is 0. The van der Waals surface area contributed by atoms with Crippen molar-refractivity contribution in [3.8, 4) is 11.5 Å². The fraction of sp³-hybridized carbons (Fsp3) is 0. The third-order valence-corrected chi connectivity index (χ3v) is 3.59. The first-order chi connectivity index (χ1) is 13.1. The lowest BCUT2D eigenvalue weighted by Gasteiger charge is -2.04. The molecule has 0 aromatic heterocycles. The van der Waals surface area contributed by atoms with Gasteiger partial charge in [0.15, 0.2) is 0 Å². The third-order valence-electron chi connectivity index (χ3n) is 3.59. The predicted molar refractivity (Wildman–Crippen MR) is 101 cm³/mol. The van der Waals surface area contributed by atoms with Gasteiger partial charge < -0.3 is 9.84 Å². The number of hydrogen-bond donors (Lipinski definition) is 2. The van der Waals surface area contributed by atoms with Crippen LogP contribution in [0.1, 0.15) is 26.3 Å². The minimum absolute atomic E-state index is 0.00673. The average molecular weight is 360 g/mol. The summed E-state index contributed by atoms with van der Waals surface area (Å²) in [5, 5.41) is 13.2. The van der Waals surface area contributed by atoms with Crippen LogP contribution < -0.4 is 10.2 Å². The number of aromatic hydroxyl groups is 1. The highest BCUT2D eigenvalue weighted by Gasteiger charge is 2.07. The second-order valence-electron chi connectivity index (χ2n) is 5.57. The maximum absolute atomic E-state index is 12.0. The summed E-state index contributed by atoms with van der Waals surface area (Å²) in [5.41, 5.74) is 3.86. The number of ether oxygens (including phenoxy) is 1. The Hall–Kier alpha value is -3.93. The van der Waals surface area contributed by atoms with E-state index >= 15 is 0 Å². The number of phenolic OH excluding ortho intramolecular Hbond substituents is 1. The topological polar surface area (TPSA) is 88.0 Å². The van der Waals surface area contributed by atoms with Crippen LogP contribution in [-0.2, 0) is 0 Å². The number of carbonyl (C=O) groups excluding carboxylic acids is 2. The summed E-state index contributed by atoms with van der Waals surface area (Å²) in [6.07, 6.45) is 1.46. The maximum Gasteiger partial charge on any atom is 0.343 e. The Labute approximate surface area is 155 Å². The van der Waals surface area contributed by atoms with E-state index in [-0.39, 0.29) is 5.75 Å². The summed E-state index contributed by atoms with van der Waals surface area (Å²) < 4.78 is 5.29. The number of amides is 1. The monoisotopic (exact) mass is 360 g/mol. The summed E-state index contributed by atoms with van der Waals surface area (Å²) in [4.78, 5) is 23.9. The Morgan fingerprint density at radius 2 is 1.59 bits per heavy atom. The first kappa shape index (κ1) is 17.9. The standard InChI is InChI=1S/C21H16N2O4/c24-18-8-4-7-17(13-18)20(25)23-22-14-15-9-11-19(12-10-15)27-21(26)16-5-2-1-3-6-16/h1-14,24H,(H,23,25)/b22-14+. The minimum Gasteiger partial charge on any atom is -0.508 e. The molecule has 3 rings (SSSR count). The molecule has 0 aliphatic rings. The van der Waals surface area contributed by atoms with E-state index in [0.717, 1.165) is 0 Å². The molecule has 0 aliphatic carbocycles. The van der Waals surface area contributed by atoms with Gasteiger partial charge in [0.1, 0.15) is 11.5 Å². The van der Waals surface area contributed by atoms with Gasteiger partial charge in [0, 0.05) is 5.56 Å². The smallest absolute Gasteiger partial charge is 0.343 e. The van der Waals surface area contributed by atoms with Gasteiger partial charge in [-0.05, 0) is 60.2 Å². The number of esters is 1. The van der Waals surface area contributed by atoms with Gasteiger partial charge in [-0.25, -0.2) is 10.2 Å². The zero-order chi connectivity index (χ0) is 19.1. The molecule has 0 fully saturated rings. The van der Waals surface area contributed by atoms with E-state index in [1.807, 2.05) is 6.07 Å². The molecule has 0 saturated heterocycles. The van der Waals surface area contributed by atoms with Gasteiger partial charge >= 0.3 is 5.97 Å². The van der Waals surface area contributed by atoms with Crippen molar-refractivity contribution in [3.05, 3.63) is 95.6 Å². The molecule has 3 aromatic rings. The molecule has 134 valence electrons. The fourth-order valence-electron chi connectivity index (χ4n) is 2.24. The van der Waals surface area contributed by atoms with Crippen LogP contribution in [0.4, 0.5) is 0 Å². The summed E-state index contributed by atoms with van der Waals surface area (Å²) >= 11 is 0. The lowest BCUT2D eigenvalue weighted by Crippen LogP contribution is -2.17. The van der Waals surface area contributed by atoms with E-state index in [9.17, 15) is 14.7 Å². The van der Waals surface area contributed by atoms with Crippen LogP contribution in [0.5, 0.6) is 11.5 Å². The number of benzene rings is 3. The van der Waals surface area contributed by atoms with Crippen molar-refractivity contribution >= 4 is 18.1 Å². The van der Waals surface area contributed by atoms with Gasteiger partial charge in [0.05, 0.1) is 11.8 Å². The molecule has 6 nitrogen and oxygen atoms in total. The number of carbonyl (C=O) groups is 2. The van der Waals surface area contributed by atoms with Crippen molar-refractivity contribution in [2.45, 2.75) is 0 Å². The highest BCUT2D eigenvalue weighted by atomic mass is 16.5. The lowest BCUT2D eigenvalue weighted by atomic mass is 10.2. The largest absolute Gasteiger partial charge is 0.508 e. The quantitative estimate of drug-likeness (QED) is 0.316. The molecule has 0 saturated carbocycles. The zero-order valence-corrected chi connectivity index (χ0v) is 14.2. The number of rotatable bonds is 5. The van der Waals surface area contributed by atoms with Crippen molar-refractivity contribution in [1.29, 1.82) is 0 Å². The van der Waals surface area contributed by atoms with Crippen molar-refractivity contribution in [3.63, 3.8) is 0 Å². The van der Waals surface area contributed by atoms with Gasteiger partial charge in [-0.3, -0.25) is 4.79 Å². The van der Waals surface area contributed by atoms with Crippen LogP contribution in [0.25, 0.3) is 0 Å². The van der Waals surface area contributed by atoms with Crippen LogP contribution in [0.2, 0.25) is 0 Å². The Kier molecular flexibility index (Phi) is 5.59. The molecular formula is C21H16N2O4. The SMILES string of the molecule is O=C(N/N=C/c1ccc(OC(=O)c2ccccc2)cc1)c1cccc(O)c1. The van der Waals surface area contributed by atoms with Crippen molar-refractivity contribution < 1.29 is 19.4 Å². The Balaban J connectivity index is 1.56. The molecule has 0 unspecified atom stereocenters. The summed E-state index contributed by atoms with van der Waals surface area (Å²) in [6, 6.07) is 21.4. The molecule has 3 aromatic carbocycles. The minimum atomic E-state index is -0.435. The van der Waals surface area contributed by atoms with Crippen LogP contribution in [0.15, 0.2) is 84.0 Å². The predicted octanol–water partition coefficient (Wildman–Crippen LogP) is 3.38. The number of nitrogens with zero attached hydrogens (tertiary/aromatic N) is 1. The number of hydrazone groups is 1. The van der Waals surface area contributed by atoms with Gasteiger partial charge in [0.25, 0.3) is 5.91 Å². The summed E-state index contributed by atoms with van der Waals surface area (Å²) in [5.74, 6) is -0.456. The van der Waals surface area contributed by atoms with Gasteiger partial charge in [0.2, 0.25) is 0 Å². The van der Waals surface area contributed by atoms with Crippen LogP contribution in [-0.4, -0.2) is 23.2 Å². The molecule has 0 heterocycles. The Morgan fingerprint density at radius 1 is 0.889 bits per heavy atom. The zero-order valence-electron chi connectivity index (χ0n) is 14.2. The molecule has 0 bridgehead atoms. The normalized spacial score (nSPS) is 10.5. The molecule has 1 amide bonds. The molecular weight excluding hydrogens is 344 g/mol. The molecule has 0 aliphatic heterocycles. The molecule has 0 spiro atoms. The van der Waals surface area contributed by atoms with Gasteiger partial charge in [-0.15, -0.1) is 0 Å². The highest BCUT2D eigenvalue weighted by molar-refractivity contribution is 5.95. The Morgan fingerprint density at radius 3 is 2.30 bits per heavy atom. The van der Waals surface area contributed by atoms with Crippen molar-refractivity contribution in [1.82, 2.24) is 5.43 Å². The van der Waals surface area contributed by atoms with Gasteiger partial charge in [-0.2, -0.15) is 5.10 Å². The number of hydrogen-bond acceptors (Lipinski definition) is 5. The van der Waals surface area contributed by atoms with Crippen LogP contribution in [0, 0.1) is 0 Å². The second kappa shape index (κ2) is 8.44. The van der Waals surface area contributed by atoms with E-state index in [2.05, 4.69) is 10.5 Å². The maximum atomic E-state index is 12.0. The molecule has 0 radical (unpaired) electrons. The first-order valence-electron chi connectivity index (χ1n) is 8.11. The molecule has 0 atom stereocenters. The molecule has 2 N–H and O–H groups in total. The third kappa shape index (κ3) is 5.02. The summed E-state index contributed by atoms with van der Waals surface area (Å²) in [7, 11) is 0. The second-order valence-corrected chi connectivity index (χ2v) is 5.57. The van der Waals surface area contributed by atoms with E-state index in [4.69, 9.17) is 4.74 Å². The Bertz CT molecular complexity index is 967.